The number of ether oxygens (including phenoxy) is 2. The van der Waals surface area contributed by atoms with Crippen LogP contribution < -0.4 is 14.8 Å². The van der Waals surface area contributed by atoms with Crippen LogP contribution in [0.1, 0.15) is 5.56 Å². The van der Waals surface area contributed by atoms with Gasteiger partial charge in [-0.2, -0.15) is 0 Å². The SMILES string of the molecule is Clc1ccc(OCCOc2ccc(Cl)cc2CNc2ccccn2)cc1. The molecule has 1 aromatic heterocycles. The molecule has 4 nitrogen and oxygen atoms in total. The molecule has 2 aromatic carbocycles. The van der Waals surface area contributed by atoms with Gasteiger partial charge in [-0.15, -0.1) is 0 Å². The number of nitrogens with zero attached hydrogens (tertiary/aromatic N) is 1. The van der Waals surface area contributed by atoms with Crippen LogP contribution in [-0.4, -0.2) is 18.2 Å². The lowest BCUT2D eigenvalue weighted by molar-refractivity contribution is 0.216. The minimum atomic E-state index is 0.418. The average molecular weight is 389 g/mol. The summed E-state index contributed by atoms with van der Waals surface area (Å²) >= 11 is 12.0. The lowest BCUT2D eigenvalue weighted by Gasteiger charge is -2.13. The van der Waals surface area contributed by atoms with Crippen molar-refractivity contribution in [3.63, 3.8) is 0 Å². The molecule has 1 heterocycles. The number of benzene rings is 2. The lowest BCUT2D eigenvalue weighted by Crippen LogP contribution is -2.11. The van der Waals surface area contributed by atoms with Crippen LogP contribution in [0.25, 0.3) is 0 Å². The molecule has 1 N–H and O–H groups in total. The van der Waals surface area contributed by atoms with E-state index in [9.17, 15) is 0 Å². The van der Waals surface area contributed by atoms with E-state index in [0.29, 0.717) is 29.8 Å². The maximum atomic E-state index is 6.12. The predicted octanol–water partition coefficient (Wildman–Crippen LogP) is 5.46. The molecule has 6 heteroatoms. The van der Waals surface area contributed by atoms with Crippen molar-refractivity contribution in [1.82, 2.24) is 4.98 Å². The number of rotatable bonds is 8. The Hall–Kier alpha value is -2.43. The summed E-state index contributed by atoms with van der Waals surface area (Å²) in [6, 6.07) is 18.5. The molecule has 0 radical (unpaired) electrons. The minimum Gasteiger partial charge on any atom is -0.490 e. The highest BCUT2D eigenvalue weighted by molar-refractivity contribution is 6.30. The number of anilines is 1. The van der Waals surface area contributed by atoms with Crippen molar-refractivity contribution in [3.8, 4) is 11.5 Å². The van der Waals surface area contributed by atoms with Crippen molar-refractivity contribution in [1.29, 1.82) is 0 Å². The molecule has 0 amide bonds. The third-order valence-corrected chi connectivity index (χ3v) is 4.06. The molecule has 3 aromatic rings. The van der Waals surface area contributed by atoms with E-state index in [1.807, 2.05) is 42.5 Å². The Balaban J connectivity index is 1.54. The Bertz CT molecular complexity index is 827. The van der Waals surface area contributed by atoms with E-state index < -0.39 is 0 Å². The first kappa shape index (κ1) is 18.4. The molecule has 0 saturated heterocycles. The van der Waals surface area contributed by atoms with Gasteiger partial charge in [0, 0.05) is 28.4 Å². The highest BCUT2D eigenvalue weighted by Crippen LogP contribution is 2.24. The topological polar surface area (TPSA) is 43.4 Å². The van der Waals surface area contributed by atoms with Crippen molar-refractivity contribution in [2.24, 2.45) is 0 Å². The molecule has 0 bridgehead atoms. The summed E-state index contributed by atoms with van der Waals surface area (Å²) in [5, 5.41) is 4.60. The summed E-state index contributed by atoms with van der Waals surface area (Å²) in [6.45, 7) is 1.41. The fraction of sp³-hybridized carbons (Fsp3) is 0.150. The van der Waals surface area contributed by atoms with Crippen molar-refractivity contribution in [2.45, 2.75) is 6.54 Å². The van der Waals surface area contributed by atoms with Crippen molar-refractivity contribution >= 4 is 29.0 Å². The fourth-order valence-electron chi connectivity index (χ4n) is 2.32. The summed E-state index contributed by atoms with van der Waals surface area (Å²) < 4.78 is 11.5. The van der Waals surface area contributed by atoms with Gasteiger partial charge < -0.3 is 14.8 Å². The minimum absolute atomic E-state index is 0.418. The van der Waals surface area contributed by atoms with Gasteiger partial charge in [-0.1, -0.05) is 29.3 Å². The standard InChI is InChI=1S/C20H18Cl2N2O2/c21-16-4-7-18(8-5-16)25-11-12-26-19-9-6-17(22)13-15(19)14-24-20-3-1-2-10-23-20/h1-10,13H,11-12,14H2,(H,23,24). The average Bonchev–Trinajstić information content (AvgIpc) is 2.67. The predicted molar refractivity (Wildman–Crippen MR) is 105 cm³/mol. The molecule has 3 rings (SSSR count). The van der Waals surface area contributed by atoms with E-state index in [1.54, 1.807) is 24.4 Å². The van der Waals surface area contributed by atoms with Crippen LogP contribution in [-0.2, 0) is 6.54 Å². The summed E-state index contributed by atoms with van der Waals surface area (Å²) in [6.07, 6.45) is 1.74. The Morgan fingerprint density at radius 1 is 0.846 bits per heavy atom. The molecular weight excluding hydrogens is 371 g/mol. The van der Waals surface area contributed by atoms with Crippen LogP contribution >= 0.6 is 23.2 Å². The summed E-state index contributed by atoms with van der Waals surface area (Å²) in [5.74, 6) is 2.31. The quantitative estimate of drug-likeness (QED) is 0.520. The third kappa shape index (κ3) is 5.55. The third-order valence-electron chi connectivity index (χ3n) is 3.57. The van der Waals surface area contributed by atoms with Crippen LogP contribution in [0.2, 0.25) is 10.0 Å². The van der Waals surface area contributed by atoms with Gasteiger partial charge in [0.2, 0.25) is 0 Å². The van der Waals surface area contributed by atoms with Gasteiger partial charge in [0.25, 0.3) is 0 Å². The number of hydrogen-bond acceptors (Lipinski definition) is 4. The first-order valence-corrected chi connectivity index (χ1v) is 8.91. The van der Waals surface area contributed by atoms with Crippen LogP contribution in [0.15, 0.2) is 66.9 Å². The fourth-order valence-corrected chi connectivity index (χ4v) is 2.64. The second-order valence-electron chi connectivity index (χ2n) is 5.47. The summed E-state index contributed by atoms with van der Waals surface area (Å²) in [5.41, 5.74) is 0.953. The molecule has 134 valence electrons. The van der Waals surface area contributed by atoms with Crippen LogP contribution in [0, 0.1) is 0 Å². The van der Waals surface area contributed by atoms with E-state index in [2.05, 4.69) is 10.3 Å². The number of halogens is 2. The van der Waals surface area contributed by atoms with E-state index in [1.165, 1.54) is 0 Å². The van der Waals surface area contributed by atoms with Gasteiger partial charge in [0.15, 0.2) is 0 Å². The molecule has 0 atom stereocenters. The van der Waals surface area contributed by atoms with Crippen LogP contribution in [0.5, 0.6) is 11.5 Å². The highest BCUT2D eigenvalue weighted by Gasteiger charge is 2.06. The zero-order valence-corrected chi connectivity index (χ0v) is 15.5. The maximum absolute atomic E-state index is 6.12. The number of nitrogens with one attached hydrogen (secondary N) is 1. The molecule has 0 fully saturated rings. The molecule has 0 spiro atoms. The summed E-state index contributed by atoms with van der Waals surface area (Å²) in [4.78, 5) is 4.25. The zero-order valence-electron chi connectivity index (χ0n) is 14.0. The first-order valence-electron chi connectivity index (χ1n) is 8.15. The van der Waals surface area contributed by atoms with E-state index in [0.717, 1.165) is 22.9 Å². The van der Waals surface area contributed by atoms with Crippen molar-refractivity contribution in [3.05, 3.63) is 82.5 Å². The van der Waals surface area contributed by atoms with Crippen molar-refractivity contribution < 1.29 is 9.47 Å². The maximum Gasteiger partial charge on any atom is 0.126 e. The molecule has 26 heavy (non-hydrogen) atoms. The second kappa shape index (κ2) is 9.32. The van der Waals surface area contributed by atoms with Gasteiger partial charge in [-0.25, -0.2) is 4.98 Å². The molecule has 0 unspecified atom stereocenters. The largest absolute Gasteiger partial charge is 0.490 e. The smallest absolute Gasteiger partial charge is 0.126 e. The van der Waals surface area contributed by atoms with Gasteiger partial charge in [-0.3, -0.25) is 0 Å². The Labute approximate surface area is 162 Å². The Morgan fingerprint density at radius 3 is 2.38 bits per heavy atom. The number of pyridine rings is 1. The molecule has 0 aliphatic rings. The van der Waals surface area contributed by atoms with E-state index in [4.69, 9.17) is 32.7 Å². The normalized spacial score (nSPS) is 10.4. The first-order chi connectivity index (χ1) is 12.7. The number of aromatic nitrogens is 1. The Kier molecular flexibility index (Phi) is 6.58. The number of hydrogen-bond donors (Lipinski definition) is 1. The molecule has 0 aliphatic carbocycles. The molecule has 0 saturated carbocycles. The Morgan fingerprint density at radius 2 is 1.62 bits per heavy atom. The molecule has 0 aliphatic heterocycles. The second-order valence-corrected chi connectivity index (χ2v) is 6.34. The summed E-state index contributed by atoms with van der Waals surface area (Å²) in [7, 11) is 0. The van der Waals surface area contributed by atoms with Gasteiger partial charge in [0.05, 0.1) is 0 Å². The zero-order chi connectivity index (χ0) is 18.2. The monoisotopic (exact) mass is 388 g/mol. The van der Waals surface area contributed by atoms with Crippen LogP contribution in [0.4, 0.5) is 5.82 Å². The van der Waals surface area contributed by atoms with Gasteiger partial charge >= 0.3 is 0 Å². The van der Waals surface area contributed by atoms with Crippen molar-refractivity contribution in [2.75, 3.05) is 18.5 Å². The van der Waals surface area contributed by atoms with Gasteiger partial charge in [-0.05, 0) is 54.6 Å². The van der Waals surface area contributed by atoms with E-state index >= 15 is 0 Å². The van der Waals surface area contributed by atoms with Gasteiger partial charge in [0.1, 0.15) is 30.5 Å². The lowest BCUT2D eigenvalue weighted by atomic mass is 10.2. The van der Waals surface area contributed by atoms with E-state index in [-0.39, 0.29) is 0 Å². The highest BCUT2D eigenvalue weighted by atomic mass is 35.5. The molecular formula is C20H18Cl2N2O2. The van der Waals surface area contributed by atoms with Crippen LogP contribution in [0.3, 0.4) is 0 Å².